The summed E-state index contributed by atoms with van der Waals surface area (Å²) >= 11 is 4.38. The summed E-state index contributed by atoms with van der Waals surface area (Å²) in [6.07, 6.45) is 0. The van der Waals surface area contributed by atoms with Crippen molar-refractivity contribution in [2.24, 2.45) is 5.73 Å². The molecule has 0 atom stereocenters. The number of nitrogens with one attached hydrogen (secondary N) is 2. The zero-order valence-corrected chi connectivity index (χ0v) is 11.6. The number of hydrogen-bond acceptors (Lipinski definition) is 2. The van der Waals surface area contributed by atoms with Crippen LogP contribution >= 0.6 is 45.2 Å². The summed E-state index contributed by atoms with van der Waals surface area (Å²) < 4.78 is 2.05. The molecule has 1 aromatic rings. The molecule has 0 spiro atoms. The van der Waals surface area contributed by atoms with Crippen LogP contribution in [0.3, 0.4) is 0 Å². The van der Waals surface area contributed by atoms with E-state index in [4.69, 9.17) is 16.9 Å². The molecule has 6 N–H and O–H groups in total. The van der Waals surface area contributed by atoms with Crippen molar-refractivity contribution in [3.63, 3.8) is 0 Å². The first-order valence-electron chi connectivity index (χ1n) is 3.82. The molecule has 0 aromatic heterocycles. The minimum atomic E-state index is -0.0214. The van der Waals surface area contributed by atoms with Gasteiger partial charge in [-0.05, 0) is 62.9 Å². The monoisotopic (exact) mass is 416 g/mol. The van der Waals surface area contributed by atoms with Crippen LogP contribution in [0.2, 0.25) is 0 Å². The van der Waals surface area contributed by atoms with Crippen LogP contribution in [0.5, 0.6) is 0 Å². The average Bonchev–Trinajstić information content (AvgIpc) is 2.10. The van der Waals surface area contributed by atoms with Crippen molar-refractivity contribution in [3.05, 3.63) is 24.8 Å². The van der Waals surface area contributed by atoms with Gasteiger partial charge in [0.2, 0.25) is 0 Å². The Bertz CT molecular complexity index is 341. The Morgan fingerprint density at radius 2 is 1.86 bits per heavy atom. The van der Waals surface area contributed by atoms with Gasteiger partial charge in [0.05, 0.1) is 5.69 Å². The van der Waals surface area contributed by atoms with Gasteiger partial charge in [0, 0.05) is 13.7 Å². The molecule has 0 aliphatic carbocycles. The van der Waals surface area contributed by atoms with Crippen LogP contribution in [-0.4, -0.2) is 5.96 Å². The highest BCUT2D eigenvalue weighted by Crippen LogP contribution is 2.23. The summed E-state index contributed by atoms with van der Waals surface area (Å²) in [4.78, 5) is 0. The Kier molecular flexibility index (Phi) is 4.23. The molecule has 14 heavy (non-hydrogen) atoms. The number of benzene rings is 1. The predicted molar refractivity (Wildman–Crippen MR) is 75.0 cm³/mol. The molecule has 76 valence electrons. The van der Waals surface area contributed by atoms with Crippen molar-refractivity contribution in [2.45, 2.75) is 6.54 Å². The number of hydrogen-bond donors (Lipinski definition) is 4. The van der Waals surface area contributed by atoms with Gasteiger partial charge in [0.1, 0.15) is 0 Å². The largest absolute Gasteiger partial charge is 0.397 e. The number of guanidine groups is 1. The Balaban J connectivity index is 2.84. The highest BCUT2D eigenvalue weighted by molar-refractivity contribution is 14.1. The highest BCUT2D eigenvalue weighted by Gasteiger charge is 2.03. The summed E-state index contributed by atoms with van der Waals surface area (Å²) in [5, 5.41) is 9.78. The van der Waals surface area contributed by atoms with Gasteiger partial charge in [-0.3, -0.25) is 5.41 Å². The van der Waals surface area contributed by atoms with Gasteiger partial charge in [0.25, 0.3) is 0 Å². The van der Waals surface area contributed by atoms with Gasteiger partial charge < -0.3 is 16.8 Å². The molecule has 0 unspecified atom stereocenters. The van der Waals surface area contributed by atoms with Gasteiger partial charge in [-0.1, -0.05) is 0 Å². The Labute approximate surface area is 110 Å². The van der Waals surface area contributed by atoms with Crippen molar-refractivity contribution in [2.75, 3.05) is 5.73 Å². The molecule has 6 heteroatoms. The zero-order chi connectivity index (χ0) is 10.7. The van der Waals surface area contributed by atoms with Gasteiger partial charge in [-0.25, -0.2) is 0 Å². The predicted octanol–water partition coefficient (Wildman–Crippen LogP) is 1.46. The number of nitrogens with two attached hydrogens (primary N) is 2. The summed E-state index contributed by atoms with van der Waals surface area (Å²) in [5.74, 6) is -0.0214. The summed E-state index contributed by atoms with van der Waals surface area (Å²) in [7, 11) is 0. The minimum Gasteiger partial charge on any atom is -0.397 e. The Morgan fingerprint density at radius 1 is 1.36 bits per heavy atom. The first-order valence-corrected chi connectivity index (χ1v) is 5.97. The lowest BCUT2D eigenvalue weighted by Crippen LogP contribution is -2.29. The quantitative estimate of drug-likeness (QED) is 0.255. The normalized spacial score (nSPS) is 9.86. The Morgan fingerprint density at radius 3 is 2.29 bits per heavy atom. The van der Waals surface area contributed by atoms with Crippen molar-refractivity contribution in [1.29, 1.82) is 5.41 Å². The molecular formula is C8H10I2N4. The lowest BCUT2D eigenvalue weighted by molar-refractivity contribution is 0.895. The SMILES string of the molecule is N=C(N)NCc1cc(I)c(N)c(I)c1. The smallest absolute Gasteiger partial charge is 0.185 e. The number of anilines is 1. The fraction of sp³-hybridized carbons (Fsp3) is 0.125. The van der Waals surface area contributed by atoms with Crippen LogP contribution in [0.4, 0.5) is 5.69 Å². The van der Waals surface area contributed by atoms with Crippen molar-refractivity contribution < 1.29 is 0 Å². The summed E-state index contributed by atoms with van der Waals surface area (Å²) in [6.45, 7) is 0.557. The molecule has 0 radical (unpaired) electrons. The molecule has 0 aliphatic rings. The van der Waals surface area contributed by atoms with E-state index in [-0.39, 0.29) is 5.96 Å². The van der Waals surface area contributed by atoms with E-state index < -0.39 is 0 Å². The van der Waals surface area contributed by atoms with Crippen molar-refractivity contribution in [1.82, 2.24) is 5.32 Å². The maximum Gasteiger partial charge on any atom is 0.185 e. The van der Waals surface area contributed by atoms with Crippen LogP contribution in [0.1, 0.15) is 5.56 Å². The van der Waals surface area contributed by atoms with Crippen LogP contribution in [-0.2, 0) is 6.54 Å². The fourth-order valence-corrected chi connectivity index (χ4v) is 2.83. The van der Waals surface area contributed by atoms with E-state index >= 15 is 0 Å². The molecule has 4 nitrogen and oxygen atoms in total. The Hall–Kier alpha value is -0.250. The maximum atomic E-state index is 7.03. The molecule has 0 aliphatic heterocycles. The third kappa shape index (κ3) is 3.15. The van der Waals surface area contributed by atoms with Crippen LogP contribution in [0.25, 0.3) is 0 Å². The molecule has 0 heterocycles. The van der Waals surface area contributed by atoms with Gasteiger partial charge in [-0.2, -0.15) is 0 Å². The van der Waals surface area contributed by atoms with Crippen molar-refractivity contribution >= 4 is 56.8 Å². The van der Waals surface area contributed by atoms with Crippen LogP contribution in [0.15, 0.2) is 12.1 Å². The second kappa shape index (κ2) is 5.01. The fourth-order valence-electron chi connectivity index (χ4n) is 0.936. The van der Waals surface area contributed by atoms with E-state index in [0.29, 0.717) is 6.54 Å². The van der Waals surface area contributed by atoms with E-state index in [2.05, 4.69) is 50.5 Å². The van der Waals surface area contributed by atoms with Crippen LogP contribution in [0, 0.1) is 12.5 Å². The molecule has 0 saturated heterocycles. The standard InChI is InChI=1S/C8H10I2N4/c9-5-1-4(3-14-8(12)13)2-6(10)7(5)11/h1-2H,3,11H2,(H4,12,13,14). The third-order valence-electron chi connectivity index (χ3n) is 1.62. The minimum absolute atomic E-state index is 0.0214. The third-order valence-corrected chi connectivity index (χ3v) is 3.41. The molecule has 0 bridgehead atoms. The number of halogens is 2. The number of nitrogen functional groups attached to an aromatic ring is 1. The van der Waals surface area contributed by atoms with Crippen molar-refractivity contribution in [3.8, 4) is 0 Å². The maximum absolute atomic E-state index is 7.03. The topological polar surface area (TPSA) is 87.9 Å². The molecule has 1 aromatic carbocycles. The number of rotatable bonds is 2. The molecule has 0 fully saturated rings. The lowest BCUT2D eigenvalue weighted by Gasteiger charge is -2.07. The van der Waals surface area contributed by atoms with E-state index in [9.17, 15) is 0 Å². The van der Waals surface area contributed by atoms with Gasteiger partial charge in [0.15, 0.2) is 5.96 Å². The average molecular weight is 416 g/mol. The molecule has 0 amide bonds. The molecule has 1 rings (SSSR count). The zero-order valence-electron chi connectivity index (χ0n) is 7.27. The van der Waals surface area contributed by atoms with Gasteiger partial charge >= 0.3 is 0 Å². The van der Waals surface area contributed by atoms with E-state index in [1.807, 2.05) is 12.1 Å². The van der Waals surface area contributed by atoms with E-state index in [1.54, 1.807) is 0 Å². The lowest BCUT2D eigenvalue weighted by atomic mass is 10.2. The van der Waals surface area contributed by atoms with Crippen LogP contribution < -0.4 is 16.8 Å². The second-order valence-electron chi connectivity index (χ2n) is 2.74. The molecule has 0 saturated carbocycles. The molecular weight excluding hydrogens is 406 g/mol. The highest BCUT2D eigenvalue weighted by atomic mass is 127. The first-order chi connectivity index (χ1) is 6.50. The summed E-state index contributed by atoms with van der Waals surface area (Å²) in [6, 6.07) is 3.96. The first kappa shape index (κ1) is 11.8. The van der Waals surface area contributed by atoms with Gasteiger partial charge in [-0.15, -0.1) is 0 Å². The second-order valence-corrected chi connectivity index (χ2v) is 5.06. The van der Waals surface area contributed by atoms with E-state index in [0.717, 1.165) is 18.4 Å². The van der Waals surface area contributed by atoms with E-state index in [1.165, 1.54) is 0 Å². The summed E-state index contributed by atoms with van der Waals surface area (Å²) in [5.41, 5.74) is 12.9.